The second-order valence-electron chi connectivity index (χ2n) is 2.07. The van der Waals surface area contributed by atoms with E-state index in [9.17, 15) is 0 Å². The normalized spacial score (nSPS) is 9.27. The molecule has 4 N–H and O–H groups in total. The van der Waals surface area contributed by atoms with Crippen molar-refractivity contribution >= 4 is 11.4 Å². The van der Waals surface area contributed by atoms with Crippen molar-refractivity contribution in [1.82, 2.24) is 0 Å². The SMILES string of the molecule is COc1ccc(NO)cc1N. The van der Waals surface area contributed by atoms with Gasteiger partial charge in [0.05, 0.1) is 18.5 Å². The van der Waals surface area contributed by atoms with Crippen LogP contribution < -0.4 is 16.0 Å². The fraction of sp³-hybridized carbons (Fsp3) is 0.143. The maximum atomic E-state index is 8.48. The van der Waals surface area contributed by atoms with Gasteiger partial charge in [0.2, 0.25) is 0 Å². The Labute approximate surface area is 64.5 Å². The zero-order valence-corrected chi connectivity index (χ0v) is 6.16. The van der Waals surface area contributed by atoms with Crippen LogP contribution in [0.3, 0.4) is 0 Å². The Morgan fingerprint density at radius 3 is 2.73 bits per heavy atom. The molecule has 4 nitrogen and oxygen atoms in total. The summed E-state index contributed by atoms with van der Waals surface area (Å²) < 4.78 is 4.91. The van der Waals surface area contributed by atoms with Crippen molar-refractivity contribution in [2.24, 2.45) is 0 Å². The molecular formula is C7H10N2O2. The Morgan fingerprint density at radius 2 is 2.27 bits per heavy atom. The van der Waals surface area contributed by atoms with Crippen LogP contribution in [0.25, 0.3) is 0 Å². The average Bonchev–Trinajstić information content (AvgIpc) is 2.04. The molecule has 11 heavy (non-hydrogen) atoms. The first kappa shape index (κ1) is 7.68. The summed E-state index contributed by atoms with van der Waals surface area (Å²) >= 11 is 0. The van der Waals surface area contributed by atoms with Crippen LogP contribution in [0.5, 0.6) is 5.75 Å². The van der Waals surface area contributed by atoms with Crippen LogP contribution in [0.2, 0.25) is 0 Å². The molecule has 0 amide bonds. The first-order chi connectivity index (χ1) is 5.27. The van der Waals surface area contributed by atoms with Crippen molar-refractivity contribution in [2.45, 2.75) is 0 Å². The van der Waals surface area contributed by atoms with E-state index in [4.69, 9.17) is 15.7 Å². The molecule has 0 bridgehead atoms. The van der Waals surface area contributed by atoms with Crippen LogP contribution >= 0.6 is 0 Å². The largest absolute Gasteiger partial charge is 0.495 e. The van der Waals surface area contributed by atoms with Crippen LogP contribution in [0, 0.1) is 0 Å². The van der Waals surface area contributed by atoms with E-state index in [2.05, 4.69) is 0 Å². The fourth-order valence-corrected chi connectivity index (χ4v) is 0.804. The number of rotatable bonds is 2. The Morgan fingerprint density at radius 1 is 1.55 bits per heavy atom. The van der Waals surface area contributed by atoms with E-state index in [0.29, 0.717) is 17.1 Å². The van der Waals surface area contributed by atoms with Gasteiger partial charge in [0.15, 0.2) is 0 Å². The molecule has 0 saturated carbocycles. The highest BCUT2D eigenvalue weighted by Gasteiger charge is 1.98. The summed E-state index contributed by atoms with van der Waals surface area (Å²) in [6.45, 7) is 0. The number of nitrogens with two attached hydrogens (primary N) is 1. The lowest BCUT2D eigenvalue weighted by atomic mass is 10.2. The number of ether oxygens (including phenoxy) is 1. The van der Waals surface area contributed by atoms with Crippen LogP contribution in [-0.2, 0) is 0 Å². The first-order valence-electron chi connectivity index (χ1n) is 3.11. The number of nitrogens with one attached hydrogen (secondary N) is 1. The summed E-state index contributed by atoms with van der Waals surface area (Å²) in [5, 5.41) is 8.48. The maximum Gasteiger partial charge on any atom is 0.141 e. The van der Waals surface area contributed by atoms with Crippen LogP contribution in [0.15, 0.2) is 18.2 Å². The standard InChI is InChI=1S/C7H10N2O2/c1-11-7-3-2-5(9-10)4-6(7)8/h2-4,9-10H,8H2,1H3. The van der Waals surface area contributed by atoms with Crippen molar-refractivity contribution in [3.05, 3.63) is 18.2 Å². The monoisotopic (exact) mass is 154 g/mol. The van der Waals surface area contributed by atoms with Gasteiger partial charge < -0.3 is 10.5 Å². The van der Waals surface area contributed by atoms with Gasteiger partial charge in [-0.2, -0.15) is 0 Å². The molecule has 0 heterocycles. The summed E-state index contributed by atoms with van der Waals surface area (Å²) in [6, 6.07) is 4.92. The van der Waals surface area contributed by atoms with E-state index >= 15 is 0 Å². The minimum absolute atomic E-state index is 0.492. The van der Waals surface area contributed by atoms with Crippen LogP contribution in [0.4, 0.5) is 11.4 Å². The zero-order chi connectivity index (χ0) is 8.27. The van der Waals surface area contributed by atoms with Gasteiger partial charge in [-0.25, -0.2) is 0 Å². The summed E-state index contributed by atoms with van der Waals surface area (Å²) in [4.78, 5) is 0. The second-order valence-corrected chi connectivity index (χ2v) is 2.07. The van der Waals surface area contributed by atoms with Crippen molar-refractivity contribution in [1.29, 1.82) is 0 Å². The number of nitrogen functional groups attached to an aromatic ring is 1. The number of anilines is 2. The second kappa shape index (κ2) is 3.12. The maximum absolute atomic E-state index is 8.48. The molecular weight excluding hydrogens is 144 g/mol. The molecule has 0 fully saturated rings. The minimum atomic E-state index is 0.492. The van der Waals surface area contributed by atoms with Crippen LogP contribution in [-0.4, -0.2) is 12.3 Å². The molecule has 0 aliphatic carbocycles. The molecule has 60 valence electrons. The van der Waals surface area contributed by atoms with Gasteiger partial charge in [-0.05, 0) is 18.2 Å². The van der Waals surface area contributed by atoms with E-state index < -0.39 is 0 Å². The highest BCUT2D eigenvalue weighted by molar-refractivity contribution is 5.61. The predicted molar refractivity (Wildman–Crippen MR) is 42.8 cm³/mol. The summed E-state index contributed by atoms with van der Waals surface area (Å²) in [5.74, 6) is 0.601. The molecule has 0 radical (unpaired) electrons. The fourth-order valence-electron chi connectivity index (χ4n) is 0.804. The third kappa shape index (κ3) is 1.53. The predicted octanol–water partition coefficient (Wildman–Crippen LogP) is 1.08. The highest BCUT2D eigenvalue weighted by atomic mass is 16.5. The first-order valence-corrected chi connectivity index (χ1v) is 3.11. The van der Waals surface area contributed by atoms with Crippen molar-refractivity contribution in [3.63, 3.8) is 0 Å². The Bertz CT molecular complexity index is 250. The van der Waals surface area contributed by atoms with Gasteiger partial charge in [-0.3, -0.25) is 10.7 Å². The molecule has 1 aromatic rings. The Hall–Kier alpha value is -1.42. The lowest BCUT2D eigenvalue weighted by molar-refractivity contribution is 0.388. The van der Waals surface area contributed by atoms with Crippen molar-refractivity contribution in [2.75, 3.05) is 18.3 Å². The number of benzene rings is 1. The lowest BCUT2D eigenvalue weighted by Gasteiger charge is -2.05. The molecule has 0 aromatic heterocycles. The molecule has 0 atom stereocenters. The number of hydrogen-bond acceptors (Lipinski definition) is 4. The van der Waals surface area contributed by atoms with E-state index in [1.807, 2.05) is 5.48 Å². The smallest absolute Gasteiger partial charge is 0.141 e. The van der Waals surface area contributed by atoms with E-state index in [1.165, 1.54) is 7.11 Å². The topological polar surface area (TPSA) is 67.5 Å². The molecule has 1 rings (SSSR count). The Kier molecular flexibility index (Phi) is 2.18. The van der Waals surface area contributed by atoms with Gasteiger partial charge in [-0.15, -0.1) is 0 Å². The van der Waals surface area contributed by atoms with Crippen molar-refractivity contribution in [3.8, 4) is 5.75 Å². The van der Waals surface area contributed by atoms with E-state index in [-0.39, 0.29) is 0 Å². The average molecular weight is 154 g/mol. The highest BCUT2D eigenvalue weighted by Crippen LogP contribution is 2.23. The summed E-state index contributed by atoms with van der Waals surface area (Å²) in [6.07, 6.45) is 0. The summed E-state index contributed by atoms with van der Waals surface area (Å²) in [5.41, 5.74) is 8.55. The quantitative estimate of drug-likeness (QED) is 0.440. The van der Waals surface area contributed by atoms with Gasteiger partial charge in [0.1, 0.15) is 5.75 Å². The van der Waals surface area contributed by atoms with Gasteiger partial charge >= 0.3 is 0 Å². The number of hydrogen-bond donors (Lipinski definition) is 3. The van der Waals surface area contributed by atoms with Crippen LogP contribution in [0.1, 0.15) is 0 Å². The lowest BCUT2D eigenvalue weighted by Crippen LogP contribution is -1.94. The van der Waals surface area contributed by atoms with E-state index in [0.717, 1.165) is 0 Å². The Balaban J connectivity index is 2.99. The van der Waals surface area contributed by atoms with E-state index in [1.54, 1.807) is 18.2 Å². The molecule has 0 aliphatic heterocycles. The molecule has 0 aliphatic rings. The van der Waals surface area contributed by atoms with Gasteiger partial charge in [0, 0.05) is 0 Å². The summed E-state index contributed by atoms with van der Waals surface area (Å²) in [7, 11) is 1.54. The van der Waals surface area contributed by atoms with Gasteiger partial charge in [0.25, 0.3) is 0 Å². The molecule has 0 saturated heterocycles. The van der Waals surface area contributed by atoms with Crippen molar-refractivity contribution < 1.29 is 9.94 Å². The minimum Gasteiger partial charge on any atom is -0.495 e. The molecule has 0 spiro atoms. The third-order valence-electron chi connectivity index (χ3n) is 1.36. The number of methoxy groups -OCH3 is 1. The molecule has 1 aromatic carbocycles. The third-order valence-corrected chi connectivity index (χ3v) is 1.36. The molecule has 4 heteroatoms. The molecule has 0 unspecified atom stereocenters. The van der Waals surface area contributed by atoms with Gasteiger partial charge in [-0.1, -0.05) is 0 Å². The zero-order valence-electron chi connectivity index (χ0n) is 6.16.